The topological polar surface area (TPSA) is 45.5 Å². The van der Waals surface area contributed by atoms with Gasteiger partial charge in [-0.15, -0.1) is 0 Å². The predicted octanol–water partition coefficient (Wildman–Crippen LogP) is 2.55. The zero-order chi connectivity index (χ0) is 17.2. The highest BCUT2D eigenvalue weighted by atomic mass is 19.4. The van der Waals surface area contributed by atoms with Crippen LogP contribution in [0.4, 0.5) is 13.2 Å². The normalized spacial score (nSPS) is 17.7. The van der Waals surface area contributed by atoms with E-state index in [9.17, 15) is 18.0 Å². The van der Waals surface area contributed by atoms with Gasteiger partial charge in [0.2, 0.25) is 0 Å². The van der Waals surface area contributed by atoms with E-state index in [-0.39, 0.29) is 18.9 Å². The Morgan fingerprint density at radius 3 is 2.43 bits per heavy atom. The van der Waals surface area contributed by atoms with Gasteiger partial charge in [-0.3, -0.25) is 9.69 Å². The number of alkyl halides is 3. The molecule has 130 valence electrons. The number of aromatic nitrogens is 1. The summed E-state index contributed by atoms with van der Waals surface area (Å²) in [5.74, 6) is 0.146. The third kappa shape index (κ3) is 4.57. The molecule has 1 aromatic rings. The molecule has 0 unspecified atom stereocenters. The van der Waals surface area contributed by atoms with Crippen LogP contribution in [0.25, 0.3) is 0 Å². The maximum absolute atomic E-state index is 12.6. The summed E-state index contributed by atoms with van der Waals surface area (Å²) >= 11 is 0. The van der Waals surface area contributed by atoms with Crippen LogP contribution in [0.15, 0.2) is 6.07 Å². The Kier molecular flexibility index (Phi) is 5.52. The first-order valence-corrected chi connectivity index (χ1v) is 7.81. The lowest BCUT2D eigenvalue weighted by atomic mass is 9.97. The van der Waals surface area contributed by atoms with Crippen molar-refractivity contribution >= 4 is 5.78 Å². The molecule has 1 fully saturated rings. The van der Waals surface area contributed by atoms with E-state index < -0.39 is 12.7 Å². The molecular weight excluding hydrogens is 309 g/mol. The first-order chi connectivity index (χ1) is 10.7. The second kappa shape index (κ2) is 7.05. The molecule has 2 rings (SSSR count). The Morgan fingerprint density at radius 2 is 1.91 bits per heavy atom. The standard InChI is InChI=1S/C16H23F3N2O2/c1-11-7-14(12(2)21(11)10-16(17,18)19)15(23)8-20-5-3-13(9-22)4-6-20/h7,13,22H,3-6,8-10H2,1-2H3. The Hall–Kier alpha value is -1.34. The fourth-order valence-electron chi connectivity index (χ4n) is 3.12. The zero-order valence-electron chi connectivity index (χ0n) is 13.5. The number of piperidine rings is 1. The summed E-state index contributed by atoms with van der Waals surface area (Å²) in [6, 6.07) is 1.55. The van der Waals surface area contributed by atoms with Gasteiger partial charge in [-0.25, -0.2) is 0 Å². The third-order valence-corrected chi connectivity index (χ3v) is 4.54. The lowest BCUT2D eigenvalue weighted by Crippen LogP contribution is -2.38. The highest BCUT2D eigenvalue weighted by Crippen LogP contribution is 2.24. The molecule has 0 saturated carbocycles. The minimum atomic E-state index is -4.30. The first kappa shape index (κ1) is 18.0. The minimum absolute atomic E-state index is 0.144. The lowest BCUT2D eigenvalue weighted by molar-refractivity contribution is -0.141. The van der Waals surface area contributed by atoms with Gasteiger partial charge >= 0.3 is 6.18 Å². The number of aliphatic hydroxyl groups excluding tert-OH is 1. The molecule has 0 spiro atoms. The average Bonchev–Trinajstić information content (AvgIpc) is 2.75. The number of rotatable bonds is 5. The van der Waals surface area contributed by atoms with E-state index in [4.69, 9.17) is 5.11 Å². The SMILES string of the molecule is Cc1cc(C(=O)CN2CCC(CO)CC2)c(C)n1CC(F)(F)F. The van der Waals surface area contributed by atoms with Crippen molar-refractivity contribution in [3.63, 3.8) is 0 Å². The van der Waals surface area contributed by atoms with Crippen molar-refractivity contribution in [2.45, 2.75) is 39.4 Å². The van der Waals surface area contributed by atoms with Crippen molar-refractivity contribution in [3.8, 4) is 0 Å². The summed E-state index contributed by atoms with van der Waals surface area (Å²) in [5, 5.41) is 9.12. The largest absolute Gasteiger partial charge is 0.406 e. The lowest BCUT2D eigenvalue weighted by Gasteiger charge is -2.30. The van der Waals surface area contributed by atoms with Crippen LogP contribution >= 0.6 is 0 Å². The summed E-state index contributed by atoms with van der Waals surface area (Å²) in [7, 11) is 0. The van der Waals surface area contributed by atoms with Crippen molar-refractivity contribution in [2.24, 2.45) is 5.92 Å². The Morgan fingerprint density at radius 1 is 1.30 bits per heavy atom. The van der Waals surface area contributed by atoms with E-state index in [0.717, 1.165) is 30.5 Å². The van der Waals surface area contributed by atoms with Crippen molar-refractivity contribution < 1.29 is 23.1 Å². The van der Waals surface area contributed by atoms with E-state index in [1.165, 1.54) is 0 Å². The van der Waals surface area contributed by atoms with Crippen LogP contribution in [-0.4, -0.2) is 52.8 Å². The Balaban J connectivity index is 2.04. The zero-order valence-corrected chi connectivity index (χ0v) is 13.5. The van der Waals surface area contributed by atoms with Gasteiger partial charge in [0.15, 0.2) is 5.78 Å². The number of hydrogen-bond acceptors (Lipinski definition) is 3. The van der Waals surface area contributed by atoms with Gasteiger partial charge in [0.25, 0.3) is 0 Å². The van der Waals surface area contributed by atoms with E-state index in [1.54, 1.807) is 19.9 Å². The van der Waals surface area contributed by atoms with Crippen molar-refractivity contribution in [1.82, 2.24) is 9.47 Å². The summed E-state index contributed by atoms with van der Waals surface area (Å²) < 4.78 is 39.0. The summed E-state index contributed by atoms with van der Waals surface area (Å²) in [4.78, 5) is 14.4. The first-order valence-electron chi connectivity index (χ1n) is 7.81. The second-order valence-electron chi connectivity index (χ2n) is 6.31. The van der Waals surface area contributed by atoms with E-state index in [2.05, 4.69) is 0 Å². The number of hydrogen-bond donors (Lipinski definition) is 1. The van der Waals surface area contributed by atoms with Gasteiger partial charge in [-0.1, -0.05) is 0 Å². The van der Waals surface area contributed by atoms with Crippen LogP contribution in [-0.2, 0) is 6.54 Å². The number of halogens is 3. The second-order valence-corrected chi connectivity index (χ2v) is 6.31. The molecule has 0 amide bonds. The number of aliphatic hydroxyl groups is 1. The highest BCUT2D eigenvalue weighted by molar-refractivity contribution is 5.99. The third-order valence-electron chi connectivity index (χ3n) is 4.54. The molecule has 0 radical (unpaired) electrons. The van der Waals surface area contributed by atoms with Crippen molar-refractivity contribution in [3.05, 3.63) is 23.0 Å². The van der Waals surface area contributed by atoms with Gasteiger partial charge in [-0.05, 0) is 51.8 Å². The van der Waals surface area contributed by atoms with E-state index in [0.29, 0.717) is 22.9 Å². The van der Waals surface area contributed by atoms with Crippen LogP contribution in [0.3, 0.4) is 0 Å². The fraction of sp³-hybridized carbons (Fsp3) is 0.688. The molecule has 2 heterocycles. The number of Topliss-reactive ketones (excluding diaryl/α,β-unsaturated/α-hetero) is 1. The van der Waals surface area contributed by atoms with Crippen molar-refractivity contribution in [2.75, 3.05) is 26.2 Å². The van der Waals surface area contributed by atoms with Crippen LogP contribution in [0.1, 0.15) is 34.6 Å². The maximum atomic E-state index is 12.6. The molecule has 1 saturated heterocycles. The number of likely N-dealkylation sites (tertiary alicyclic amines) is 1. The Labute approximate surface area is 133 Å². The van der Waals surface area contributed by atoms with Crippen LogP contribution in [0, 0.1) is 19.8 Å². The minimum Gasteiger partial charge on any atom is -0.396 e. The molecule has 1 N–H and O–H groups in total. The number of nitrogens with zero attached hydrogens (tertiary/aromatic N) is 2. The molecule has 0 atom stereocenters. The van der Waals surface area contributed by atoms with E-state index in [1.807, 2.05) is 4.90 Å². The maximum Gasteiger partial charge on any atom is 0.406 e. The molecular formula is C16H23F3N2O2. The summed E-state index contributed by atoms with van der Waals surface area (Å²) in [6.07, 6.45) is -2.62. The van der Waals surface area contributed by atoms with Gasteiger partial charge in [0, 0.05) is 23.6 Å². The molecule has 7 heteroatoms. The predicted molar refractivity (Wildman–Crippen MR) is 80.5 cm³/mol. The summed E-state index contributed by atoms with van der Waals surface area (Å²) in [6.45, 7) is 3.93. The molecule has 1 aromatic heterocycles. The summed E-state index contributed by atoms with van der Waals surface area (Å²) in [5.41, 5.74) is 1.19. The number of aryl methyl sites for hydroxylation is 1. The Bertz CT molecular complexity index is 558. The van der Waals surface area contributed by atoms with Crippen molar-refractivity contribution in [1.29, 1.82) is 0 Å². The number of carbonyl (C=O) groups excluding carboxylic acids is 1. The molecule has 23 heavy (non-hydrogen) atoms. The molecule has 0 bridgehead atoms. The molecule has 0 aliphatic carbocycles. The van der Waals surface area contributed by atoms with Gasteiger partial charge in [0.1, 0.15) is 6.54 Å². The smallest absolute Gasteiger partial charge is 0.396 e. The molecule has 4 nitrogen and oxygen atoms in total. The quantitative estimate of drug-likeness (QED) is 0.843. The average molecular weight is 332 g/mol. The highest BCUT2D eigenvalue weighted by Gasteiger charge is 2.30. The molecule has 1 aliphatic rings. The van der Waals surface area contributed by atoms with Crippen LogP contribution < -0.4 is 0 Å². The van der Waals surface area contributed by atoms with Gasteiger partial charge in [-0.2, -0.15) is 13.2 Å². The van der Waals surface area contributed by atoms with Crippen LogP contribution in [0.5, 0.6) is 0 Å². The van der Waals surface area contributed by atoms with Crippen LogP contribution in [0.2, 0.25) is 0 Å². The fourth-order valence-corrected chi connectivity index (χ4v) is 3.12. The number of ketones is 1. The van der Waals surface area contributed by atoms with Gasteiger partial charge in [0.05, 0.1) is 6.54 Å². The monoisotopic (exact) mass is 332 g/mol. The van der Waals surface area contributed by atoms with E-state index >= 15 is 0 Å². The van der Waals surface area contributed by atoms with Gasteiger partial charge < -0.3 is 9.67 Å². The number of carbonyl (C=O) groups is 1. The molecule has 0 aromatic carbocycles. The molecule has 1 aliphatic heterocycles.